The Balaban J connectivity index is 1.16. The van der Waals surface area contributed by atoms with Crippen molar-refractivity contribution in [3.63, 3.8) is 0 Å². The lowest BCUT2D eigenvalue weighted by atomic mass is 10.1. The van der Waals surface area contributed by atoms with Gasteiger partial charge in [-0.05, 0) is 86.9 Å². The number of nitrogens with one attached hydrogen (secondary N) is 3. The summed E-state index contributed by atoms with van der Waals surface area (Å²) in [5.41, 5.74) is 4.29. The van der Waals surface area contributed by atoms with Gasteiger partial charge in [0.05, 0.1) is 25.0 Å². The minimum absolute atomic E-state index is 0.154. The van der Waals surface area contributed by atoms with Crippen LogP contribution in [0, 0.1) is 0 Å². The standard InChI is InChI=1S/C34H35N7O4/c1-40(2)16-15-35-33(42)24-7-12-27(13-8-24)37-34(43)36-26-10-5-23(6-11-26)31-38-29-22-25(30-4-3-19-45-30)9-14-28(29)32(39-31)41-17-20-44-21-18-41/h3-14,19,22H,15-18,20-21H2,1-2H3,(H,35,42)(H2,36,37,43). The molecule has 0 aliphatic carbocycles. The summed E-state index contributed by atoms with van der Waals surface area (Å²) >= 11 is 0. The Kier molecular flexibility index (Phi) is 8.99. The second kappa shape index (κ2) is 13.6. The highest BCUT2D eigenvalue weighted by Crippen LogP contribution is 2.32. The smallest absolute Gasteiger partial charge is 0.323 e. The molecular weight excluding hydrogens is 570 g/mol. The molecule has 11 nitrogen and oxygen atoms in total. The molecule has 0 spiro atoms. The van der Waals surface area contributed by atoms with Crippen molar-refractivity contribution in [1.82, 2.24) is 20.2 Å². The van der Waals surface area contributed by atoms with Crippen LogP contribution in [0.5, 0.6) is 0 Å². The van der Waals surface area contributed by atoms with Crippen LogP contribution in [0.1, 0.15) is 10.4 Å². The maximum Gasteiger partial charge on any atom is 0.323 e. The Morgan fingerprint density at radius 3 is 2.22 bits per heavy atom. The number of aromatic nitrogens is 2. The Hall–Kier alpha value is -5.26. The van der Waals surface area contributed by atoms with Gasteiger partial charge in [-0.25, -0.2) is 14.8 Å². The van der Waals surface area contributed by atoms with Crippen molar-refractivity contribution >= 4 is 40.0 Å². The van der Waals surface area contributed by atoms with Crippen LogP contribution >= 0.6 is 0 Å². The monoisotopic (exact) mass is 605 g/mol. The Morgan fingerprint density at radius 1 is 0.867 bits per heavy atom. The second-order valence-corrected chi connectivity index (χ2v) is 11.0. The molecule has 1 aliphatic heterocycles. The zero-order valence-corrected chi connectivity index (χ0v) is 25.2. The van der Waals surface area contributed by atoms with Gasteiger partial charge in [0.2, 0.25) is 0 Å². The molecule has 3 heterocycles. The van der Waals surface area contributed by atoms with Crippen LogP contribution in [0.3, 0.4) is 0 Å². The predicted octanol–water partition coefficient (Wildman–Crippen LogP) is 5.33. The number of likely N-dealkylation sites (N-methyl/N-ethyl adjacent to an activating group) is 1. The maximum atomic E-state index is 12.7. The van der Waals surface area contributed by atoms with E-state index in [9.17, 15) is 9.59 Å². The van der Waals surface area contributed by atoms with Crippen molar-refractivity contribution in [2.75, 3.05) is 69.0 Å². The number of hydrogen-bond acceptors (Lipinski definition) is 8. The molecule has 2 aromatic heterocycles. The van der Waals surface area contributed by atoms with E-state index in [1.165, 1.54) is 0 Å². The molecule has 0 saturated carbocycles. The first-order chi connectivity index (χ1) is 21.9. The lowest BCUT2D eigenvalue weighted by Crippen LogP contribution is -2.37. The largest absolute Gasteiger partial charge is 0.464 e. The topological polar surface area (TPSA) is 125 Å². The van der Waals surface area contributed by atoms with Crippen LogP contribution < -0.4 is 20.9 Å². The van der Waals surface area contributed by atoms with E-state index >= 15 is 0 Å². The minimum Gasteiger partial charge on any atom is -0.464 e. The molecule has 11 heteroatoms. The van der Waals surface area contributed by atoms with Crippen molar-refractivity contribution in [1.29, 1.82) is 0 Å². The number of hydrogen-bond donors (Lipinski definition) is 3. The van der Waals surface area contributed by atoms with Gasteiger partial charge in [0.1, 0.15) is 11.6 Å². The van der Waals surface area contributed by atoms with Gasteiger partial charge in [-0.1, -0.05) is 6.07 Å². The first-order valence-electron chi connectivity index (χ1n) is 14.8. The summed E-state index contributed by atoms with van der Waals surface area (Å²) in [5.74, 6) is 2.07. The molecule has 6 rings (SSSR count). The number of ether oxygens (including phenoxy) is 1. The quantitative estimate of drug-likeness (QED) is 0.206. The third-order valence-corrected chi connectivity index (χ3v) is 7.44. The zero-order valence-electron chi connectivity index (χ0n) is 25.2. The Bertz CT molecular complexity index is 1770. The van der Waals surface area contributed by atoms with Crippen molar-refractivity contribution in [2.45, 2.75) is 0 Å². The van der Waals surface area contributed by atoms with E-state index in [2.05, 4.69) is 20.9 Å². The van der Waals surface area contributed by atoms with E-state index < -0.39 is 6.03 Å². The Morgan fingerprint density at radius 2 is 1.56 bits per heavy atom. The number of benzene rings is 3. The molecule has 0 bridgehead atoms. The molecule has 45 heavy (non-hydrogen) atoms. The van der Waals surface area contributed by atoms with Gasteiger partial charge in [-0.2, -0.15) is 0 Å². The molecule has 1 saturated heterocycles. The molecule has 5 aromatic rings. The highest BCUT2D eigenvalue weighted by atomic mass is 16.5. The van der Waals surface area contributed by atoms with Crippen LogP contribution in [-0.4, -0.2) is 80.3 Å². The van der Waals surface area contributed by atoms with Gasteiger partial charge in [-0.3, -0.25) is 4.79 Å². The van der Waals surface area contributed by atoms with Crippen LogP contribution in [0.2, 0.25) is 0 Å². The summed E-state index contributed by atoms with van der Waals surface area (Å²) in [5, 5.41) is 9.50. The van der Waals surface area contributed by atoms with Crippen molar-refractivity contribution < 1.29 is 18.7 Å². The molecule has 0 radical (unpaired) electrons. The summed E-state index contributed by atoms with van der Waals surface area (Å²) in [6.07, 6.45) is 1.66. The molecule has 1 aliphatic rings. The molecular formula is C34H35N7O4. The number of anilines is 3. The SMILES string of the molecule is CN(C)CCNC(=O)c1ccc(NC(=O)Nc2ccc(-c3nc(N4CCOCC4)c4ccc(-c5ccco5)cc4n3)cc2)cc1. The van der Waals surface area contributed by atoms with Crippen molar-refractivity contribution in [2.24, 2.45) is 0 Å². The van der Waals surface area contributed by atoms with E-state index in [1.54, 1.807) is 30.5 Å². The van der Waals surface area contributed by atoms with Gasteiger partial charge in [0.15, 0.2) is 5.82 Å². The van der Waals surface area contributed by atoms with Crippen molar-refractivity contribution in [3.8, 4) is 22.7 Å². The molecule has 230 valence electrons. The number of urea groups is 1. The number of nitrogens with zero attached hydrogens (tertiary/aromatic N) is 4. The van der Waals surface area contributed by atoms with Gasteiger partial charge < -0.3 is 34.9 Å². The van der Waals surface area contributed by atoms with E-state index in [1.807, 2.05) is 73.6 Å². The number of rotatable bonds is 9. The highest BCUT2D eigenvalue weighted by molar-refractivity contribution is 6.00. The number of morpholine rings is 1. The van der Waals surface area contributed by atoms with Gasteiger partial charge in [-0.15, -0.1) is 0 Å². The fourth-order valence-electron chi connectivity index (χ4n) is 5.05. The summed E-state index contributed by atoms with van der Waals surface area (Å²) in [6.45, 7) is 4.09. The molecule has 3 aromatic carbocycles. The van der Waals surface area contributed by atoms with Crippen LogP contribution in [-0.2, 0) is 4.74 Å². The fourth-order valence-corrected chi connectivity index (χ4v) is 5.05. The Labute approximate surface area is 261 Å². The molecule has 1 fully saturated rings. The zero-order chi connectivity index (χ0) is 31.2. The average Bonchev–Trinajstić information content (AvgIpc) is 3.60. The average molecular weight is 606 g/mol. The fraction of sp³-hybridized carbons (Fsp3) is 0.235. The number of carbonyl (C=O) groups excluding carboxylic acids is 2. The normalized spacial score (nSPS) is 13.2. The van der Waals surface area contributed by atoms with Crippen LogP contribution in [0.15, 0.2) is 89.5 Å². The summed E-state index contributed by atoms with van der Waals surface area (Å²) in [4.78, 5) is 39.1. The first kappa shape index (κ1) is 29.8. The summed E-state index contributed by atoms with van der Waals surface area (Å²) < 4.78 is 11.2. The van der Waals surface area contributed by atoms with Crippen LogP contribution in [0.25, 0.3) is 33.6 Å². The number of amides is 3. The second-order valence-electron chi connectivity index (χ2n) is 11.0. The highest BCUT2D eigenvalue weighted by Gasteiger charge is 2.19. The van der Waals surface area contributed by atoms with E-state index in [-0.39, 0.29) is 5.91 Å². The summed E-state index contributed by atoms with van der Waals surface area (Å²) in [6, 6.07) is 23.7. The third kappa shape index (κ3) is 7.28. The van der Waals surface area contributed by atoms with Gasteiger partial charge in [0, 0.05) is 59.6 Å². The lowest BCUT2D eigenvalue weighted by molar-refractivity contribution is 0.0951. The molecule has 3 N–H and O–H groups in total. The van der Waals surface area contributed by atoms with Crippen LogP contribution in [0.4, 0.5) is 22.0 Å². The predicted molar refractivity (Wildman–Crippen MR) is 176 cm³/mol. The number of furan rings is 1. The first-order valence-corrected chi connectivity index (χ1v) is 14.8. The third-order valence-electron chi connectivity index (χ3n) is 7.44. The van der Waals surface area contributed by atoms with Crippen molar-refractivity contribution in [3.05, 3.63) is 90.7 Å². The number of carbonyl (C=O) groups is 2. The van der Waals surface area contributed by atoms with Gasteiger partial charge in [0.25, 0.3) is 5.91 Å². The molecule has 3 amide bonds. The molecule has 0 atom stereocenters. The van der Waals surface area contributed by atoms with E-state index in [0.717, 1.165) is 53.2 Å². The van der Waals surface area contributed by atoms with Gasteiger partial charge >= 0.3 is 6.03 Å². The van der Waals surface area contributed by atoms with E-state index in [0.29, 0.717) is 42.5 Å². The summed E-state index contributed by atoms with van der Waals surface area (Å²) in [7, 11) is 3.90. The molecule has 0 unspecified atom stereocenters. The van der Waals surface area contributed by atoms with E-state index in [4.69, 9.17) is 19.1 Å². The number of fused-ring (bicyclic) bond motifs is 1. The maximum absolute atomic E-state index is 12.7. The lowest BCUT2D eigenvalue weighted by Gasteiger charge is -2.29. The minimum atomic E-state index is -0.395.